The second-order valence-electron chi connectivity index (χ2n) is 8.99. The van der Waals surface area contributed by atoms with Gasteiger partial charge in [-0.2, -0.15) is 0 Å². The standard InChI is InChI=1S/C18H32N2O2/c1-18(2,3)13-6-14(7-13)19-15-8-16(9-15)20(11-17(21)22)10-12-4-5-12/h12-16,19H,4-11H2,1-3H3,(H,21,22). The van der Waals surface area contributed by atoms with E-state index in [0.717, 1.165) is 31.2 Å². The van der Waals surface area contributed by atoms with E-state index in [1.54, 1.807) is 0 Å². The van der Waals surface area contributed by atoms with E-state index < -0.39 is 5.97 Å². The number of aliphatic carboxylic acids is 1. The van der Waals surface area contributed by atoms with Crippen molar-refractivity contribution in [1.29, 1.82) is 0 Å². The lowest BCUT2D eigenvalue weighted by atomic mass is 9.65. The smallest absolute Gasteiger partial charge is 0.317 e. The van der Waals surface area contributed by atoms with Gasteiger partial charge < -0.3 is 10.4 Å². The van der Waals surface area contributed by atoms with E-state index in [1.807, 2.05) is 0 Å². The van der Waals surface area contributed by atoms with Gasteiger partial charge >= 0.3 is 5.97 Å². The van der Waals surface area contributed by atoms with Crippen LogP contribution >= 0.6 is 0 Å². The molecule has 0 aromatic heterocycles. The molecule has 0 amide bonds. The van der Waals surface area contributed by atoms with Gasteiger partial charge in [0.2, 0.25) is 0 Å². The minimum Gasteiger partial charge on any atom is -0.480 e. The summed E-state index contributed by atoms with van der Waals surface area (Å²) in [4.78, 5) is 13.3. The van der Waals surface area contributed by atoms with Crippen LogP contribution in [0.25, 0.3) is 0 Å². The van der Waals surface area contributed by atoms with Crippen LogP contribution in [0.5, 0.6) is 0 Å². The zero-order valence-corrected chi connectivity index (χ0v) is 14.3. The molecule has 3 aliphatic rings. The Bertz CT molecular complexity index is 402. The molecular weight excluding hydrogens is 276 g/mol. The average molecular weight is 308 g/mol. The summed E-state index contributed by atoms with van der Waals surface area (Å²) in [7, 11) is 0. The zero-order valence-electron chi connectivity index (χ0n) is 14.3. The molecule has 3 rings (SSSR count). The molecule has 0 aromatic carbocycles. The van der Waals surface area contributed by atoms with Gasteiger partial charge in [-0.25, -0.2) is 0 Å². The summed E-state index contributed by atoms with van der Waals surface area (Å²) in [6, 6.07) is 1.81. The third kappa shape index (κ3) is 4.02. The first-order valence-electron chi connectivity index (χ1n) is 9.03. The van der Waals surface area contributed by atoms with Gasteiger partial charge in [-0.15, -0.1) is 0 Å². The molecule has 0 unspecified atom stereocenters. The van der Waals surface area contributed by atoms with E-state index >= 15 is 0 Å². The molecule has 4 nitrogen and oxygen atoms in total. The molecule has 3 aliphatic carbocycles. The topological polar surface area (TPSA) is 52.6 Å². The molecule has 3 saturated carbocycles. The third-order valence-electron chi connectivity index (χ3n) is 5.99. The van der Waals surface area contributed by atoms with Crippen LogP contribution in [0, 0.1) is 17.3 Å². The predicted molar refractivity (Wildman–Crippen MR) is 87.8 cm³/mol. The Labute approximate surface area is 134 Å². The number of carboxylic acids is 1. The molecule has 3 fully saturated rings. The van der Waals surface area contributed by atoms with E-state index in [1.165, 1.54) is 25.7 Å². The second kappa shape index (κ2) is 6.12. The van der Waals surface area contributed by atoms with Crippen molar-refractivity contribution in [2.24, 2.45) is 17.3 Å². The van der Waals surface area contributed by atoms with E-state index in [4.69, 9.17) is 5.11 Å². The number of hydrogen-bond acceptors (Lipinski definition) is 3. The van der Waals surface area contributed by atoms with Crippen LogP contribution in [0.4, 0.5) is 0 Å². The normalized spacial score (nSPS) is 35.1. The van der Waals surface area contributed by atoms with Gasteiger partial charge in [-0.1, -0.05) is 20.8 Å². The van der Waals surface area contributed by atoms with Gasteiger partial charge in [0.25, 0.3) is 0 Å². The minimum atomic E-state index is -0.677. The molecule has 22 heavy (non-hydrogen) atoms. The largest absolute Gasteiger partial charge is 0.480 e. The predicted octanol–water partition coefficient (Wildman–Crippen LogP) is 2.73. The highest BCUT2D eigenvalue weighted by Crippen LogP contribution is 2.42. The van der Waals surface area contributed by atoms with Crippen LogP contribution in [-0.2, 0) is 4.79 Å². The fourth-order valence-electron chi connectivity index (χ4n) is 3.96. The first-order chi connectivity index (χ1) is 10.3. The summed E-state index contributed by atoms with van der Waals surface area (Å²) >= 11 is 0. The number of carboxylic acid groups (broad SMARTS) is 1. The Morgan fingerprint density at radius 1 is 1.14 bits per heavy atom. The van der Waals surface area contributed by atoms with Crippen LogP contribution in [0.15, 0.2) is 0 Å². The first kappa shape index (κ1) is 16.3. The lowest BCUT2D eigenvalue weighted by Crippen LogP contribution is -2.58. The molecule has 0 saturated heterocycles. The summed E-state index contributed by atoms with van der Waals surface area (Å²) in [5.74, 6) is 0.953. The van der Waals surface area contributed by atoms with Crippen molar-refractivity contribution in [2.75, 3.05) is 13.1 Å². The van der Waals surface area contributed by atoms with Crippen molar-refractivity contribution in [3.05, 3.63) is 0 Å². The lowest BCUT2D eigenvalue weighted by Gasteiger charge is -2.49. The first-order valence-corrected chi connectivity index (χ1v) is 9.03. The number of nitrogens with zero attached hydrogens (tertiary/aromatic N) is 1. The van der Waals surface area contributed by atoms with Gasteiger partial charge in [0.15, 0.2) is 0 Å². The molecule has 0 bridgehead atoms. The Morgan fingerprint density at radius 2 is 1.73 bits per heavy atom. The monoisotopic (exact) mass is 308 g/mol. The maximum atomic E-state index is 11.0. The average Bonchev–Trinajstić information content (AvgIpc) is 3.05. The second-order valence-corrected chi connectivity index (χ2v) is 8.99. The summed E-state index contributed by atoms with van der Waals surface area (Å²) in [5, 5.41) is 12.9. The SMILES string of the molecule is CC(C)(C)C1CC(NC2CC(N(CC(=O)O)CC3CC3)C2)C1. The quantitative estimate of drug-likeness (QED) is 0.759. The Hall–Kier alpha value is -0.610. The maximum absolute atomic E-state index is 11.0. The van der Waals surface area contributed by atoms with Gasteiger partial charge in [-0.3, -0.25) is 9.69 Å². The van der Waals surface area contributed by atoms with Crippen molar-refractivity contribution < 1.29 is 9.90 Å². The van der Waals surface area contributed by atoms with Crippen molar-refractivity contribution in [3.63, 3.8) is 0 Å². The van der Waals surface area contributed by atoms with Gasteiger partial charge in [-0.05, 0) is 55.8 Å². The maximum Gasteiger partial charge on any atom is 0.317 e. The molecule has 0 radical (unpaired) electrons. The highest BCUT2D eigenvalue weighted by atomic mass is 16.4. The van der Waals surface area contributed by atoms with Crippen molar-refractivity contribution in [1.82, 2.24) is 10.2 Å². The van der Waals surface area contributed by atoms with Crippen molar-refractivity contribution in [2.45, 2.75) is 77.4 Å². The molecule has 4 heteroatoms. The summed E-state index contributed by atoms with van der Waals surface area (Å²) < 4.78 is 0. The van der Waals surface area contributed by atoms with Crippen molar-refractivity contribution in [3.8, 4) is 0 Å². The zero-order chi connectivity index (χ0) is 15.9. The fourth-order valence-corrected chi connectivity index (χ4v) is 3.96. The van der Waals surface area contributed by atoms with Gasteiger partial charge in [0.05, 0.1) is 6.54 Å². The van der Waals surface area contributed by atoms with Gasteiger partial charge in [0.1, 0.15) is 0 Å². The van der Waals surface area contributed by atoms with Crippen LogP contribution in [0.3, 0.4) is 0 Å². The third-order valence-corrected chi connectivity index (χ3v) is 5.99. The van der Waals surface area contributed by atoms with Gasteiger partial charge in [0, 0.05) is 24.7 Å². The highest BCUT2D eigenvalue weighted by molar-refractivity contribution is 5.69. The number of carbonyl (C=O) groups is 1. The van der Waals surface area contributed by atoms with E-state index in [2.05, 4.69) is 31.0 Å². The molecule has 0 atom stereocenters. The Morgan fingerprint density at radius 3 is 2.23 bits per heavy atom. The summed E-state index contributed by atoms with van der Waals surface area (Å²) in [5.41, 5.74) is 0.447. The van der Waals surface area contributed by atoms with Crippen molar-refractivity contribution >= 4 is 5.97 Å². The molecule has 126 valence electrons. The van der Waals surface area contributed by atoms with Crippen LogP contribution in [0.1, 0.15) is 59.3 Å². The molecule has 0 spiro atoms. The molecule has 0 heterocycles. The van der Waals surface area contributed by atoms with E-state index in [-0.39, 0.29) is 6.54 Å². The molecular formula is C18H32N2O2. The summed E-state index contributed by atoms with van der Waals surface area (Å²) in [6.07, 6.45) is 7.48. The van der Waals surface area contributed by atoms with Crippen LogP contribution in [-0.4, -0.2) is 47.2 Å². The number of rotatable bonds is 7. The summed E-state index contributed by atoms with van der Waals surface area (Å²) in [6.45, 7) is 8.25. The molecule has 2 N–H and O–H groups in total. The Kier molecular flexibility index (Phi) is 4.52. The number of hydrogen-bond donors (Lipinski definition) is 2. The fraction of sp³-hybridized carbons (Fsp3) is 0.944. The molecule has 0 aliphatic heterocycles. The lowest BCUT2D eigenvalue weighted by molar-refractivity contribution is -0.139. The highest BCUT2D eigenvalue weighted by Gasteiger charge is 2.41. The minimum absolute atomic E-state index is 0.226. The van der Waals surface area contributed by atoms with E-state index in [0.29, 0.717) is 23.5 Å². The van der Waals surface area contributed by atoms with Crippen LogP contribution < -0.4 is 5.32 Å². The molecule has 0 aromatic rings. The number of nitrogens with one attached hydrogen (secondary N) is 1. The van der Waals surface area contributed by atoms with E-state index in [9.17, 15) is 4.79 Å². The Balaban J connectivity index is 1.37. The van der Waals surface area contributed by atoms with Crippen LogP contribution in [0.2, 0.25) is 0 Å².